The van der Waals surface area contributed by atoms with Crippen LogP contribution >= 0.6 is 22.7 Å². The number of nitrogens with zero attached hydrogens (tertiary/aromatic N) is 2. The van der Waals surface area contributed by atoms with E-state index in [1.54, 1.807) is 22.7 Å². The van der Waals surface area contributed by atoms with Gasteiger partial charge in [-0.1, -0.05) is 0 Å². The number of hydrogen-bond acceptors (Lipinski definition) is 4. The Morgan fingerprint density at radius 3 is 1.67 bits per heavy atom. The molecule has 0 aliphatic carbocycles. The Bertz CT molecular complexity index is 760. The molecule has 0 spiro atoms. The molecule has 4 rings (SSSR count). The van der Waals surface area contributed by atoms with Crippen molar-refractivity contribution in [3.8, 4) is 0 Å². The van der Waals surface area contributed by atoms with E-state index in [1.165, 1.54) is 20.2 Å². The van der Waals surface area contributed by atoms with Crippen LogP contribution in [0.3, 0.4) is 0 Å². The van der Waals surface area contributed by atoms with Gasteiger partial charge in [-0.05, 0) is 48.9 Å². The first-order chi connectivity index (χ1) is 8.69. The maximum atomic E-state index is 4.55. The summed E-state index contributed by atoms with van der Waals surface area (Å²) < 4.78 is 2.53. The van der Waals surface area contributed by atoms with Gasteiger partial charge in [0.1, 0.15) is 0 Å². The summed E-state index contributed by atoms with van der Waals surface area (Å²) in [7, 11) is 0. The zero-order chi connectivity index (χ0) is 12.3. The fourth-order valence-electron chi connectivity index (χ4n) is 2.33. The highest BCUT2D eigenvalue weighted by atomic mass is 32.1. The van der Waals surface area contributed by atoms with Gasteiger partial charge < -0.3 is 0 Å². The zero-order valence-electron chi connectivity index (χ0n) is 10.0. The number of rotatable bonds is 0. The van der Waals surface area contributed by atoms with Crippen molar-refractivity contribution in [3.63, 3.8) is 0 Å². The van der Waals surface area contributed by atoms with E-state index in [-0.39, 0.29) is 0 Å². The minimum atomic E-state index is 1.09. The van der Waals surface area contributed by atoms with Gasteiger partial charge in [-0.25, -0.2) is 9.97 Å². The predicted octanol–water partition coefficient (Wildman–Crippen LogP) is 4.68. The van der Waals surface area contributed by atoms with E-state index in [2.05, 4.69) is 48.1 Å². The molecule has 2 aromatic heterocycles. The van der Waals surface area contributed by atoms with E-state index in [1.807, 2.05) is 0 Å². The van der Waals surface area contributed by atoms with Crippen molar-refractivity contribution >= 4 is 53.9 Å². The second kappa shape index (κ2) is 3.49. The molecule has 0 bridgehead atoms. The standard InChI is InChI=1S/C14H10N2S2/c1-7-15-11-3-9-4-12-14(18-8(2)16-12)6-10(9)5-13(11)17-7/h3-6H,1-2H3. The normalized spacial score (nSPS) is 11.9. The number of aryl methyl sites for hydroxylation is 2. The van der Waals surface area contributed by atoms with Gasteiger partial charge in [0.25, 0.3) is 0 Å². The Labute approximate surface area is 112 Å². The molecular formula is C14H10N2S2. The Balaban J connectivity index is 2.17. The molecule has 0 saturated carbocycles. The molecule has 2 heterocycles. The molecule has 2 nitrogen and oxygen atoms in total. The van der Waals surface area contributed by atoms with Crippen LogP contribution in [0.25, 0.3) is 31.2 Å². The average Bonchev–Trinajstić information content (AvgIpc) is 2.82. The molecule has 4 heteroatoms. The minimum absolute atomic E-state index is 1.09. The number of aromatic nitrogens is 2. The van der Waals surface area contributed by atoms with Crippen LogP contribution in [0, 0.1) is 13.8 Å². The molecule has 0 N–H and O–H groups in total. The summed E-state index contributed by atoms with van der Waals surface area (Å²) in [6.45, 7) is 4.11. The molecule has 0 aliphatic heterocycles. The Morgan fingerprint density at radius 2 is 1.17 bits per heavy atom. The molecule has 0 radical (unpaired) electrons. The summed E-state index contributed by atoms with van der Waals surface area (Å²) >= 11 is 3.51. The molecular weight excluding hydrogens is 260 g/mol. The third-order valence-corrected chi connectivity index (χ3v) is 4.93. The highest BCUT2D eigenvalue weighted by Gasteiger charge is 2.06. The molecule has 4 aromatic rings. The maximum Gasteiger partial charge on any atom is 0.0907 e. The lowest BCUT2D eigenvalue weighted by atomic mass is 10.1. The van der Waals surface area contributed by atoms with Crippen LogP contribution in [0.1, 0.15) is 10.0 Å². The molecule has 2 aromatic carbocycles. The van der Waals surface area contributed by atoms with Gasteiger partial charge in [0.15, 0.2) is 0 Å². The van der Waals surface area contributed by atoms with Gasteiger partial charge in [0, 0.05) is 0 Å². The van der Waals surface area contributed by atoms with Crippen LogP contribution in [-0.4, -0.2) is 9.97 Å². The SMILES string of the molecule is Cc1nc2cc3cc4nc(C)sc4cc3cc2s1. The number of fused-ring (bicyclic) bond motifs is 3. The summed E-state index contributed by atoms with van der Waals surface area (Å²) in [5.41, 5.74) is 2.19. The summed E-state index contributed by atoms with van der Waals surface area (Å²) in [4.78, 5) is 9.10. The zero-order valence-corrected chi connectivity index (χ0v) is 11.7. The van der Waals surface area contributed by atoms with E-state index in [9.17, 15) is 0 Å². The first-order valence-corrected chi connectivity index (χ1v) is 7.40. The van der Waals surface area contributed by atoms with Crippen molar-refractivity contribution in [2.24, 2.45) is 0 Å². The quantitative estimate of drug-likeness (QED) is 0.464. The van der Waals surface area contributed by atoms with Gasteiger partial charge >= 0.3 is 0 Å². The Morgan fingerprint density at radius 1 is 0.722 bits per heavy atom. The third kappa shape index (κ3) is 1.46. The van der Waals surface area contributed by atoms with Crippen LogP contribution in [0.5, 0.6) is 0 Å². The predicted molar refractivity (Wildman–Crippen MR) is 79.8 cm³/mol. The van der Waals surface area contributed by atoms with E-state index in [0.717, 1.165) is 21.0 Å². The van der Waals surface area contributed by atoms with Crippen LogP contribution in [0.4, 0.5) is 0 Å². The molecule has 88 valence electrons. The van der Waals surface area contributed by atoms with Crippen molar-refractivity contribution in [1.82, 2.24) is 9.97 Å². The lowest BCUT2D eigenvalue weighted by molar-refractivity contribution is 1.35. The molecule has 0 unspecified atom stereocenters. The van der Waals surface area contributed by atoms with Crippen LogP contribution in [0.2, 0.25) is 0 Å². The smallest absolute Gasteiger partial charge is 0.0907 e. The van der Waals surface area contributed by atoms with Crippen molar-refractivity contribution in [2.75, 3.05) is 0 Å². The van der Waals surface area contributed by atoms with Gasteiger partial charge in [0.05, 0.1) is 30.4 Å². The number of benzene rings is 2. The van der Waals surface area contributed by atoms with Gasteiger partial charge in [0.2, 0.25) is 0 Å². The average molecular weight is 270 g/mol. The van der Waals surface area contributed by atoms with E-state index in [0.29, 0.717) is 0 Å². The highest BCUT2D eigenvalue weighted by molar-refractivity contribution is 7.19. The van der Waals surface area contributed by atoms with Crippen LogP contribution in [0.15, 0.2) is 24.3 Å². The second-order valence-electron chi connectivity index (χ2n) is 4.45. The second-order valence-corrected chi connectivity index (χ2v) is 6.92. The van der Waals surface area contributed by atoms with Crippen molar-refractivity contribution in [2.45, 2.75) is 13.8 Å². The van der Waals surface area contributed by atoms with E-state index in [4.69, 9.17) is 0 Å². The lowest BCUT2D eigenvalue weighted by Crippen LogP contribution is -1.75. The monoisotopic (exact) mass is 270 g/mol. The number of thiazole rings is 2. The summed E-state index contributed by atoms with van der Waals surface area (Å²) in [5.74, 6) is 0. The van der Waals surface area contributed by atoms with Gasteiger partial charge in [-0.2, -0.15) is 0 Å². The first kappa shape index (κ1) is 10.4. The Hall–Kier alpha value is -1.52. The summed E-state index contributed by atoms with van der Waals surface area (Å²) in [5, 5.41) is 4.75. The van der Waals surface area contributed by atoms with E-state index < -0.39 is 0 Å². The van der Waals surface area contributed by atoms with Crippen LogP contribution < -0.4 is 0 Å². The van der Waals surface area contributed by atoms with Crippen molar-refractivity contribution < 1.29 is 0 Å². The molecule has 0 fully saturated rings. The maximum absolute atomic E-state index is 4.55. The van der Waals surface area contributed by atoms with E-state index >= 15 is 0 Å². The largest absolute Gasteiger partial charge is 0.241 e. The van der Waals surface area contributed by atoms with Gasteiger partial charge in [-0.3, -0.25) is 0 Å². The molecule has 0 amide bonds. The highest BCUT2D eigenvalue weighted by Crippen LogP contribution is 2.31. The van der Waals surface area contributed by atoms with Gasteiger partial charge in [-0.15, -0.1) is 22.7 Å². The molecule has 0 saturated heterocycles. The summed E-state index contributed by atoms with van der Waals surface area (Å²) in [6, 6.07) is 8.82. The molecule has 0 atom stereocenters. The molecule has 0 aliphatic rings. The topological polar surface area (TPSA) is 25.8 Å². The third-order valence-electron chi connectivity index (χ3n) is 3.07. The molecule has 18 heavy (non-hydrogen) atoms. The van der Waals surface area contributed by atoms with Crippen LogP contribution in [-0.2, 0) is 0 Å². The fraction of sp³-hybridized carbons (Fsp3) is 0.143. The lowest BCUT2D eigenvalue weighted by Gasteiger charge is -1.97. The number of hydrogen-bond donors (Lipinski definition) is 0. The van der Waals surface area contributed by atoms with Crippen molar-refractivity contribution in [3.05, 3.63) is 34.3 Å². The fourth-order valence-corrected chi connectivity index (χ4v) is 4.04. The van der Waals surface area contributed by atoms with Crippen molar-refractivity contribution in [1.29, 1.82) is 0 Å². The Kier molecular flexibility index (Phi) is 2.02. The minimum Gasteiger partial charge on any atom is -0.241 e. The summed E-state index contributed by atoms with van der Waals surface area (Å²) in [6.07, 6.45) is 0. The first-order valence-electron chi connectivity index (χ1n) is 5.77.